The van der Waals surface area contributed by atoms with Gasteiger partial charge in [-0.1, -0.05) is 35.9 Å². The average Bonchev–Trinajstić information content (AvgIpc) is 2.90. The molecule has 0 radical (unpaired) electrons. The number of nitrogens with two attached hydrogens (primary N) is 1. The van der Waals surface area contributed by atoms with E-state index in [0.29, 0.717) is 36.1 Å². The van der Waals surface area contributed by atoms with Crippen molar-refractivity contribution in [2.75, 3.05) is 24.6 Å². The van der Waals surface area contributed by atoms with E-state index in [4.69, 9.17) is 47.0 Å². The first kappa shape index (κ1) is 69.5. The van der Waals surface area contributed by atoms with Crippen LogP contribution in [0.25, 0.3) is 5.73 Å². The van der Waals surface area contributed by atoms with Crippen LogP contribution in [0, 0.1) is 15.4 Å². The van der Waals surface area contributed by atoms with E-state index < -0.39 is 25.2 Å². The minimum absolute atomic E-state index is 0. The molecule has 0 spiro atoms. The van der Waals surface area contributed by atoms with Gasteiger partial charge in [0.05, 0.1) is 5.69 Å². The Morgan fingerprint density at radius 3 is 1.48 bits per heavy atom. The zero-order chi connectivity index (χ0) is 29.4. The first-order valence-corrected chi connectivity index (χ1v) is 10.8. The molecule has 46 heavy (non-hydrogen) atoms. The molecule has 2 aromatic rings. The van der Waals surface area contributed by atoms with Gasteiger partial charge in [0, 0.05) is 185 Å². The number of nitroso groups, excluding NO2 is 2. The fourth-order valence-corrected chi connectivity index (χ4v) is 3.17. The standard InChI is InChI=1S/C11H17NO4.C10H15N4O6.HNO.8Zn/c12-5-1-2-7-6-8(10(13)14)3-4-9(7)11(15)16;11-3-4-13(14(20)12-19)8-5-6(9(15)16)1-2-7(8)10(17)18;1-2;;;;;;;;/h3-4,6,10-11,13-16H,1-2,5,12H2;1-2,5,9-11,15-18,20H,3-4H2;1H;;;;;;;;/q;-1;;;;;;;;;. The molecule has 230 valence electrons. The van der Waals surface area contributed by atoms with Crippen LogP contribution < -0.4 is 10.7 Å². The summed E-state index contributed by atoms with van der Waals surface area (Å²) in [7, 11) is 0. The quantitative estimate of drug-likeness (QED) is 0.0561. The number of nitrogens with one attached hydrogen (secondary N) is 2. The Kier molecular flexibility index (Phi) is 59.8. The fraction of sp³-hybridized carbons (Fsp3) is 0.429. The van der Waals surface area contributed by atoms with E-state index in [-0.39, 0.29) is 191 Å². The van der Waals surface area contributed by atoms with Gasteiger partial charge in [0.2, 0.25) is 0 Å². The van der Waals surface area contributed by atoms with Gasteiger partial charge in [0.25, 0.3) is 0 Å². The molecular formula is C21H33N6O11Zn8-. The summed E-state index contributed by atoms with van der Waals surface area (Å²) < 4.78 is 0. The van der Waals surface area contributed by atoms with Crippen molar-refractivity contribution in [3.8, 4) is 0 Å². The number of hydrogen-bond acceptors (Lipinski definition) is 15. The number of benzene rings is 2. The van der Waals surface area contributed by atoms with Gasteiger partial charge in [0.15, 0.2) is 25.2 Å². The summed E-state index contributed by atoms with van der Waals surface area (Å²) in [5, 5.41) is 85.3. The van der Waals surface area contributed by atoms with E-state index in [1.54, 1.807) is 6.07 Å². The van der Waals surface area contributed by atoms with Gasteiger partial charge >= 0.3 is 0 Å². The molecule has 0 amide bonds. The Morgan fingerprint density at radius 1 is 0.717 bits per heavy atom. The summed E-state index contributed by atoms with van der Waals surface area (Å²) in [4.78, 5) is 17.9. The summed E-state index contributed by atoms with van der Waals surface area (Å²) in [5.74, 6) is 0. The maximum Gasteiger partial charge on any atom is 0.180 e. The van der Waals surface area contributed by atoms with E-state index in [9.17, 15) is 20.3 Å². The first-order chi connectivity index (χ1) is 18.0. The zero-order valence-electron chi connectivity index (χ0n) is 25.7. The van der Waals surface area contributed by atoms with Crippen molar-refractivity contribution in [1.29, 1.82) is 5.59 Å². The predicted molar refractivity (Wildman–Crippen MR) is 131 cm³/mol. The molecule has 0 saturated carbocycles. The number of aliphatic hydroxyl groups is 8. The van der Waals surface area contributed by atoms with E-state index in [2.05, 4.69) is 10.9 Å². The van der Waals surface area contributed by atoms with Crippen molar-refractivity contribution in [3.05, 3.63) is 79.8 Å². The number of nitrogens with zero attached hydrogens (tertiary/aromatic N) is 3. The molecule has 0 atom stereocenters. The number of hydrazine groups is 1. The molecule has 0 aliphatic carbocycles. The summed E-state index contributed by atoms with van der Waals surface area (Å²) in [6, 6.07) is 8.03. The van der Waals surface area contributed by atoms with Gasteiger partial charge in [-0.3, -0.25) is 5.21 Å². The molecule has 25 heteroatoms. The van der Waals surface area contributed by atoms with E-state index >= 15 is 0 Å². The van der Waals surface area contributed by atoms with Crippen molar-refractivity contribution >= 4 is 5.69 Å². The maximum absolute atomic E-state index is 10.4. The third-order valence-corrected chi connectivity index (χ3v) is 4.92. The predicted octanol–water partition coefficient (Wildman–Crippen LogP) is -0.345. The van der Waals surface area contributed by atoms with Gasteiger partial charge in [-0.2, -0.15) is 4.91 Å². The van der Waals surface area contributed by atoms with Crippen LogP contribution in [0.1, 0.15) is 59.4 Å². The van der Waals surface area contributed by atoms with Crippen LogP contribution in [0.15, 0.2) is 41.7 Å². The molecule has 2 aromatic carbocycles. The number of rotatable bonds is 12. The number of anilines is 1. The molecule has 13 N–H and O–H groups in total. The Bertz CT molecular complexity index is 996. The topological polar surface area (TPSA) is 309 Å². The van der Waals surface area contributed by atoms with Crippen molar-refractivity contribution in [3.63, 3.8) is 0 Å². The smallest absolute Gasteiger partial charge is 0.180 e. The van der Waals surface area contributed by atoms with Crippen LogP contribution in [-0.4, -0.2) is 71.0 Å². The van der Waals surface area contributed by atoms with Gasteiger partial charge in [-0.25, -0.2) is 5.01 Å². The van der Waals surface area contributed by atoms with Crippen molar-refractivity contribution < 1.29 is 202 Å². The normalized spacial score (nSPS) is 8.85. The maximum atomic E-state index is 10.4. The summed E-state index contributed by atoms with van der Waals surface area (Å²) in [6.07, 6.45) is -5.59. The SMILES string of the molecule is N=O.NCCCc1cc(C(O)O)ccc1C(O)O.[NH-]CCN(c1cc(C(O)O)ccc1C(O)O)N(O)N=O.[Zn].[Zn].[Zn].[Zn].[Zn].[Zn].[Zn].[Zn]. The second kappa shape index (κ2) is 39.6. The Hall–Kier alpha value is 1.79. The van der Waals surface area contributed by atoms with Gasteiger partial charge in [-0.15, -0.1) is 11.5 Å². The van der Waals surface area contributed by atoms with Crippen LogP contribution in [-0.2, 0) is 162 Å². The molecule has 0 bridgehead atoms. The number of aliphatic hydroxyl groups excluding tert-OH is 4. The molecule has 0 aliphatic heterocycles. The molecular weight excluding hydrogens is 1040 g/mol. The minimum atomic E-state index is -1.93. The van der Waals surface area contributed by atoms with Crippen LogP contribution in [0.5, 0.6) is 0 Å². The first-order valence-electron chi connectivity index (χ1n) is 10.8. The van der Waals surface area contributed by atoms with Crippen molar-refractivity contribution in [2.24, 2.45) is 11.0 Å². The third-order valence-electron chi connectivity index (χ3n) is 4.92. The fourth-order valence-electron chi connectivity index (χ4n) is 3.17. The van der Waals surface area contributed by atoms with Crippen LogP contribution in [0.3, 0.4) is 0 Å². The Balaban J connectivity index is -0.0000000701. The van der Waals surface area contributed by atoms with Crippen LogP contribution in [0.2, 0.25) is 0 Å². The van der Waals surface area contributed by atoms with Crippen LogP contribution in [0.4, 0.5) is 5.69 Å². The van der Waals surface area contributed by atoms with E-state index in [1.807, 2.05) is 0 Å². The largest absolute Gasteiger partial charge is 0.676 e. The number of aryl methyl sites for hydroxylation is 1. The van der Waals surface area contributed by atoms with Crippen LogP contribution >= 0.6 is 0 Å². The second-order valence-electron chi connectivity index (χ2n) is 7.39. The monoisotopic (exact) mass is 1060 g/mol. The minimum Gasteiger partial charge on any atom is -0.676 e. The van der Waals surface area contributed by atoms with Gasteiger partial charge in [0.1, 0.15) is 5.29 Å². The van der Waals surface area contributed by atoms with Crippen molar-refractivity contribution in [1.82, 2.24) is 5.28 Å². The Labute approximate surface area is 367 Å². The third kappa shape index (κ3) is 24.9. The molecule has 0 heterocycles. The van der Waals surface area contributed by atoms with Gasteiger partial charge in [-0.05, 0) is 36.3 Å². The van der Waals surface area contributed by atoms with Gasteiger partial charge < -0.3 is 52.3 Å². The molecule has 0 fully saturated rings. The molecule has 0 aromatic heterocycles. The molecule has 0 unspecified atom stereocenters. The molecule has 2 rings (SSSR count). The zero-order valence-corrected chi connectivity index (χ0v) is 49.5. The average molecular weight is 1070 g/mol. The molecule has 17 nitrogen and oxygen atoms in total. The Morgan fingerprint density at radius 2 is 1.13 bits per heavy atom. The summed E-state index contributed by atoms with van der Waals surface area (Å²) in [5.41, 5.74) is 18.2. The van der Waals surface area contributed by atoms with Crippen molar-refractivity contribution in [2.45, 2.75) is 38.0 Å². The molecule has 0 aliphatic rings. The number of hydrogen-bond donors (Lipinski definition) is 11. The second-order valence-corrected chi connectivity index (χ2v) is 7.39. The summed E-state index contributed by atoms with van der Waals surface area (Å²) in [6.45, 7) is 0.0687. The van der Waals surface area contributed by atoms with E-state index in [0.717, 1.165) is 11.1 Å². The van der Waals surface area contributed by atoms with E-state index in [1.165, 1.54) is 24.3 Å². The summed E-state index contributed by atoms with van der Waals surface area (Å²) >= 11 is 0. The molecule has 0 saturated heterocycles.